The Hall–Kier alpha value is -1.42. The summed E-state index contributed by atoms with van der Waals surface area (Å²) in [6.07, 6.45) is 5.44. The highest BCUT2D eigenvalue weighted by molar-refractivity contribution is 5.83. The topological polar surface area (TPSA) is 92.8 Å². The molecule has 9 nitrogen and oxygen atoms in total. The minimum Gasteiger partial charge on any atom is -0.464 e. The number of ether oxygens (including phenoxy) is 6. The highest BCUT2D eigenvalue weighted by Crippen LogP contribution is 2.40. The molecule has 0 N–H and O–H groups in total. The van der Waals surface area contributed by atoms with Gasteiger partial charge >= 0.3 is 12.1 Å². The number of carbonyl (C=O) groups is 2. The standard InChI is InChI=1S/C30H55NO8/c1-8-12-16-34-21-24-26(35-17-13-9-2)27(36-18-14-10-3)25-23(38-24)20-22(28(32)37-19-15-11-4)31(25)29(33)39-30(5,6)7/h22-27H,8-21H2,1-7H3/t22?,23-,24?,25?,26-,27?/m1/s1. The third-order valence-electron chi connectivity index (χ3n) is 7.03. The van der Waals surface area contributed by atoms with Crippen LogP contribution in [0.5, 0.6) is 0 Å². The summed E-state index contributed by atoms with van der Waals surface area (Å²) >= 11 is 0. The van der Waals surface area contributed by atoms with Crippen molar-refractivity contribution >= 4 is 12.1 Å². The zero-order valence-electron chi connectivity index (χ0n) is 25.6. The van der Waals surface area contributed by atoms with Gasteiger partial charge < -0.3 is 28.4 Å². The Morgan fingerprint density at radius 2 is 1.38 bits per heavy atom. The molecule has 228 valence electrons. The first-order valence-corrected chi connectivity index (χ1v) is 15.3. The molecule has 6 atom stereocenters. The summed E-state index contributed by atoms with van der Waals surface area (Å²) in [6.45, 7) is 16.3. The molecule has 2 fully saturated rings. The zero-order chi connectivity index (χ0) is 28.8. The van der Waals surface area contributed by atoms with Gasteiger partial charge in [-0.15, -0.1) is 0 Å². The molecule has 0 radical (unpaired) electrons. The number of fused-ring (bicyclic) bond motifs is 1. The molecule has 2 aliphatic heterocycles. The maximum absolute atomic E-state index is 13.6. The van der Waals surface area contributed by atoms with Gasteiger partial charge in [0.25, 0.3) is 0 Å². The van der Waals surface area contributed by atoms with Crippen molar-refractivity contribution in [2.45, 2.75) is 148 Å². The molecule has 0 saturated carbocycles. The van der Waals surface area contributed by atoms with Crippen LogP contribution >= 0.6 is 0 Å². The highest BCUT2D eigenvalue weighted by Gasteiger charge is 2.59. The van der Waals surface area contributed by atoms with E-state index >= 15 is 0 Å². The molecule has 0 bridgehead atoms. The third kappa shape index (κ3) is 10.5. The molecule has 0 spiro atoms. The average molecular weight is 558 g/mol. The summed E-state index contributed by atoms with van der Waals surface area (Å²) < 4.78 is 36.9. The number of esters is 1. The number of hydrogen-bond donors (Lipinski definition) is 0. The van der Waals surface area contributed by atoms with Crippen LogP contribution in [0.25, 0.3) is 0 Å². The molecule has 2 rings (SSSR count). The van der Waals surface area contributed by atoms with E-state index in [0.717, 1.165) is 51.4 Å². The highest BCUT2D eigenvalue weighted by atomic mass is 16.6. The number of unbranched alkanes of at least 4 members (excludes halogenated alkanes) is 4. The fourth-order valence-corrected chi connectivity index (χ4v) is 4.96. The Kier molecular flexibility index (Phi) is 15.1. The SMILES string of the molecule is CCCCOCC1O[C@@H]2CC(C(=O)OCCCC)N(C(=O)OC(C)(C)C)C2C(OCCCC)[C@@H]1OCCCC. The molecular weight excluding hydrogens is 502 g/mol. The van der Waals surface area contributed by atoms with Crippen LogP contribution in [0.3, 0.4) is 0 Å². The Balaban J connectivity index is 2.43. The maximum atomic E-state index is 13.6. The lowest BCUT2D eigenvalue weighted by Gasteiger charge is -2.46. The Morgan fingerprint density at radius 3 is 1.97 bits per heavy atom. The Morgan fingerprint density at radius 1 is 0.821 bits per heavy atom. The van der Waals surface area contributed by atoms with Gasteiger partial charge in [-0.1, -0.05) is 53.4 Å². The minimum atomic E-state index is -0.819. The van der Waals surface area contributed by atoms with Gasteiger partial charge in [0.1, 0.15) is 30.0 Å². The Bertz CT molecular complexity index is 712. The number of nitrogens with zero attached hydrogens (tertiary/aromatic N) is 1. The summed E-state index contributed by atoms with van der Waals surface area (Å²) in [5, 5.41) is 0. The van der Waals surface area contributed by atoms with Gasteiger partial charge in [-0.25, -0.2) is 9.59 Å². The van der Waals surface area contributed by atoms with Crippen molar-refractivity contribution in [3.8, 4) is 0 Å². The van der Waals surface area contributed by atoms with E-state index in [1.165, 1.54) is 4.90 Å². The number of rotatable bonds is 17. The normalized spacial score (nSPS) is 26.9. The maximum Gasteiger partial charge on any atom is 0.411 e. The van der Waals surface area contributed by atoms with Gasteiger partial charge in [-0.3, -0.25) is 4.90 Å². The zero-order valence-corrected chi connectivity index (χ0v) is 25.6. The number of amides is 1. The van der Waals surface area contributed by atoms with Crippen molar-refractivity contribution in [2.75, 3.05) is 33.0 Å². The third-order valence-corrected chi connectivity index (χ3v) is 7.03. The van der Waals surface area contributed by atoms with E-state index in [-0.39, 0.29) is 6.10 Å². The van der Waals surface area contributed by atoms with Gasteiger partial charge in [0.05, 0.1) is 25.4 Å². The molecule has 9 heteroatoms. The van der Waals surface area contributed by atoms with E-state index in [4.69, 9.17) is 28.4 Å². The van der Waals surface area contributed by atoms with E-state index in [1.54, 1.807) is 0 Å². The predicted molar refractivity (Wildman–Crippen MR) is 150 cm³/mol. The van der Waals surface area contributed by atoms with Crippen LogP contribution in [0.1, 0.15) is 106 Å². The number of likely N-dealkylation sites (tertiary alicyclic amines) is 1. The van der Waals surface area contributed by atoms with Gasteiger partial charge in [0, 0.05) is 26.2 Å². The first-order chi connectivity index (χ1) is 18.7. The van der Waals surface area contributed by atoms with Crippen molar-refractivity contribution in [1.82, 2.24) is 4.90 Å². The molecular formula is C30H55NO8. The molecule has 0 aromatic carbocycles. The molecule has 2 saturated heterocycles. The number of carbonyl (C=O) groups excluding carboxylic acids is 2. The second-order valence-corrected chi connectivity index (χ2v) is 11.7. The molecule has 1 amide bonds. The first kappa shape index (κ1) is 33.8. The van der Waals surface area contributed by atoms with Crippen LogP contribution in [0.2, 0.25) is 0 Å². The van der Waals surface area contributed by atoms with E-state index in [1.807, 2.05) is 27.7 Å². The van der Waals surface area contributed by atoms with E-state index in [0.29, 0.717) is 39.5 Å². The first-order valence-electron chi connectivity index (χ1n) is 15.3. The number of hydrogen-bond acceptors (Lipinski definition) is 8. The van der Waals surface area contributed by atoms with Crippen molar-refractivity contribution in [3.63, 3.8) is 0 Å². The van der Waals surface area contributed by atoms with Gasteiger partial charge in [-0.2, -0.15) is 0 Å². The average Bonchev–Trinajstić information content (AvgIpc) is 3.26. The lowest BCUT2D eigenvalue weighted by Crippen LogP contribution is -2.64. The second kappa shape index (κ2) is 17.4. The lowest BCUT2D eigenvalue weighted by molar-refractivity contribution is -0.228. The fraction of sp³-hybridized carbons (Fsp3) is 0.933. The summed E-state index contributed by atoms with van der Waals surface area (Å²) in [5.74, 6) is -0.432. The molecule has 0 aromatic rings. The van der Waals surface area contributed by atoms with Crippen LogP contribution in [-0.4, -0.2) is 92.1 Å². The summed E-state index contributed by atoms with van der Waals surface area (Å²) in [6, 6.07) is -1.36. The van der Waals surface area contributed by atoms with Crippen molar-refractivity contribution in [1.29, 1.82) is 0 Å². The Labute approximate surface area is 236 Å². The van der Waals surface area contributed by atoms with Crippen LogP contribution in [0, 0.1) is 0 Å². The second-order valence-electron chi connectivity index (χ2n) is 11.7. The summed E-state index contributed by atoms with van der Waals surface area (Å²) in [4.78, 5) is 28.5. The predicted octanol–water partition coefficient (Wildman–Crippen LogP) is 5.66. The van der Waals surface area contributed by atoms with Crippen LogP contribution in [-0.2, 0) is 33.2 Å². The van der Waals surface area contributed by atoms with Crippen LogP contribution < -0.4 is 0 Å². The van der Waals surface area contributed by atoms with E-state index in [9.17, 15) is 9.59 Å². The molecule has 2 aliphatic rings. The quantitative estimate of drug-likeness (QED) is 0.167. The monoisotopic (exact) mass is 557 g/mol. The molecule has 0 aliphatic carbocycles. The van der Waals surface area contributed by atoms with Crippen LogP contribution in [0.4, 0.5) is 4.79 Å². The molecule has 4 unspecified atom stereocenters. The van der Waals surface area contributed by atoms with Gasteiger partial charge in [-0.05, 0) is 46.5 Å². The van der Waals surface area contributed by atoms with Gasteiger partial charge in [0.15, 0.2) is 0 Å². The van der Waals surface area contributed by atoms with Crippen LogP contribution in [0.15, 0.2) is 0 Å². The van der Waals surface area contributed by atoms with Crippen molar-refractivity contribution in [2.24, 2.45) is 0 Å². The van der Waals surface area contributed by atoms with E-state index in [2.05, 4.69) is 20.8 Å². The van der Waals surface area contributed by atoms with Crippen molar-refractivity contribution < 1.29 is 38.0 Å². The molecule has 0 aromatic heterocycles. The summed E-state index contributed by atoms with van der Waals surface area (Å²) in [5.41, 5.74) is -0.730. The summed E-state index contributed by atoms with van der Waals surface area (Å²) in [7, 11) is 0. The largest absolute Gasteiger partial charge is 0.464 e. The van der Waals surface area contributed by atoms with Crippen molar-refractivity contribution in [3.05, 3.63) is 0 Å². The fourth-order valence-electron chi connectivity index (χ4n) is 4.96. The van der Waals surface area contributed by atoms with Gasteiger partial charge in [0.2, 0.25) is 0 Å². The minimum absolute atomic E-state index is 0.315. The molecule has 39 heavy (non-hydrogen) atoms. The smallest absolute Gasteiger partial charge is 0.411 e. The van der Waals surface area contributed by atoms with E-state index < -0.39 is 48.1 Å². The lowest BCUT2D eigenvalue weighted by atomic mass is 9.92. The molecule has 2 heterocycles.